The molecule has 0 heterocycles. The monoisotopic (exact) mass is 428 g/mol. The van der Waals surface area contributed by atoms with E-state index in [9.17, 15) is 0 Å². The number of unbranched alkanes of at least 4 members (excludes halogenated alkanes) is 18. The first-order valence-electron chi connectivity index (χ1n) is 13.6. The fourth-order valence-corrected chi connectivity index (χ4v) is 4.78. The van der Waals surface area contributed by atoms with Gasteiger partial charge in [-0.05, 0) is 30.8 Å². The molecule has 0 aromatic heterocycles. The Labute approximate surface area is 189 Å². The van der Waals surface area contributed by atoms with Gasteiger partial charge in [-0.15, -0.1) is 0 Å². The molecule has 0 radical (unpaired) electrons. The minimum atomic E-state index is 0.975. The van der Waals surface area contributed by atoms with Crippen molar-refractivity contribution in [3.8, 4) is 0 Å². The highest BCUT2D eigenvalue weighted by molar-refractivity contribution is 7.99. The van der Waals surface area contributed by atoms with E-state index in [1.54, 1.807) is 0 Å². The molecule has 0 aliphatic carbocycles. The third kappa shape index (κ3) is 28.3. The average Bonchev–Trinajstić information content (AvgIpc) is 2.74. The quantitative estimate of drug-likeness (QED) is 0.127. The molecule has 176 valence electrons. The van der Waals surface area contributed by atoms with Gasteiger partial charge in [0, 0.05) is 13.2 Å². The molecule has 0 amide bonds. The summed E-state index contributed by atoms with van der Waals surface area (Å²) in [5.74, 6) is 2.64. The molecule has 0 fully saturated rings. The van der Waals surface area contributed by atoms with Crippen molar-refractivity contribution < 1.29 is 4.74 Å². The van der Waals surface area contributed by atoms with Crippen LogP contribution in [0.4, 0.5) is 0 Å². The van der Waals surface area contributed by atoms with Crippen molar-refractivity contribution in [2.24, 2.45) is 0 Å². The average molecular weight is 429 g/mol. The maximum absolute atomic E-state index is 5.80. The van der Waals surface area contributed by atoms with E-state index in [4.69, 9.17) is 4.74 Å². The second kappa shape index (κ2) is 28.3. The molecule has 2 heteroatoms. The van der Waals surface area contributed by atoms with Gasteiger partial charge in [0.05, 0.1) is 0 Å². The summed E-state index contributed by atoms with van der Waals surface area (Å²) in [5, 5.41) is 0. The lowest BCUT2D eigenvalue weighted by atomic mass is 10.1. The Morgan fingerprint density at radius 3 is 1.21 bits per heavy atom. The predicted octanol–water partition coefficient (Wildman–Crippen LogP) is 9.97. The Hall–Kier alpha value is 0.310. The third-order valence-corrected chi connectivity index (χ3v) is 7.02. The lowest BCUT2D eigenvalue weighted by molar-refractivity contribution is 0.131. The predicted molar refractivity (Wildman–Crippen MR) is 136 cm³/mol. The molecular formula is C27H56OS. The number of hydrogen-bond donors (Lipinski definition) is 0. The second-order valence-electron chi connectivity index (χ2n) is 8.94. The van der Waals surface area contributed by atoms with Crippen LogP contribution in [-0.4, -0.2) is 24.7 Å². The SMILES string of the molecule is CCCCCCCCCCCCOCCCSCCCCCCCCCCCC. The molecule has 0 spiro atoms. The van der Waals surface area contributed by atoms with Gasteiger partial charge >= 0.3 is 0 Å². The van der Waals surface area contributed by atoms with Crippen molar-refractivity contribution in [3.63, 3.8) is 0 Å². The summed E-state index contributed by atoms with van der Waals surface area (Å²) in [6.45, 7) is 6.55. The van der Waals surface area contributed by atoms with Gasteiger partial charge in [0.1, 0.15) is 0 Å². The highest BCUT2D eigenvalue weighted by atomic mass is 32.2. The van der Waals surface area contributed by atoms with Crippen LogP contribution in [0, 0.1) is 0 Å². The van der Waals surface area contributed by atoms with Gasteiger partial charge in [0.15, 0.2) is 0 Å². The van der Waals surface area contributed by atoms with E-state index in [2.05, 4.69) is 25.6 Å². The van der Waals surface area contributed by atoms with Crippen molar-refractivity contribution >= 4 is 11.8 Å². The summed E-state index contributed by atoms with van der Waals surface area (Å²) in [6, 6.07) is 0. The first-order valence-corrected chi connectivity index (χ1v) is 14.7. The minimum Gasteiger partial charge on any atom is -0.381 e. The highest BCUT2D eigenvalue weighted by Crippen LogP contribution is 2.13. The first-order chi connectivity index (χ1) is 14.4. The summed E-state index contributed by atoms with van der Waals surface area (Å²) in [6.07, 6.45) is 29.7. The summed E-state index contributed by atoms with van der Waals surface area (Å²) in [5.41, 5.74) is 0. The van der Waals surface area contributed by atoms with Gasteiger partial charge in [-0.25, -0.2) is 0 Å². The molecule has 0 bridgehead atoms. The van der Waals surface area contributed by atoms with Crippen LogP contribution in [0.3, 0.4) is 0 Å². The van der Waals surface area contributed by atoms with Gasteiger partial charge in [0.25, 0.3) is 0 Å². The van der Waals surface area contributed by atoms with Gasteiger partial charge in [-0.1, -0.05) is 129 Å². The molecule has 0 rings (SSSR count). The summed E-state index contributed by atoms with van der Waals surface area (Å²) >= 11 is 2.13. The highest BCUT2D eigenvalue weighted by Gasteiger charge is 1.96. The van der Waals surface area contributed by atoms with E-state index in [1.807, 2.05) is 0 Å². The van der Waals surface area contributed by atoms with E-state index in [0.717, 1.165) is 13.2 Å². The van der Waals surface area contributed by atoms with E-state index in [0.29, 0.717) is 0 Å². The molecule has 1 nitrogen and oxygen atoms in total. The number of hydrogen-bond acceptors (Lipinski definition) is 2. The largest absolute Gasteiger partial charge is 0.381 e. The molecular weight excluding hydrogens is 372 g/mol. The van der Waals surface area contributed by atoms with Crippen molar-refractivity contribution in [1.29, 1.82) is 0 Å². The summed E-state index contributed by atoms with van der Waals surface area (Å²) in [4.78, 5) is 0. The topological polar surface area (TPSA) is 9.23 Å². The molecule has 0 aliphatic rings. The molecule has 0 N–H and O–H groups in total. The standard InChI is InChI=1S/C27H56OS/c1-3-5-7-9-11-13-15-17-19-21-24-28-25-23-27-29-26-22-20-18-16-14-12-10-8-6-4-2/h3-27H2,1-2H3. The maximum Gasteiger partial charge on any atom is 0.0473 e. The fraction of sp³-hybridized carbons (Fsp3) is 1.00. The van der Waals surface area contributed by atoms with E-state index >= 15 is 0 Å². The Morgan fingerprint density at radius 2 is 0.724 bits per heavy atom. The van der Waals surface area contributed by atoms with E-state index in [-0.39, 0.29) is 0 Å². The van der Waals surface area contributed by atoms with Crippen LogP contribution >= 0.6 is 11.8 Å². The molecule has 0 aliphatic heterocycles. The molecule has 0 unspecified atom stereocenters. The van der Waals surface area contributed by atoms with Crippen molar-refractivity contribution in [2.45, 2.75) is 149 Å². The van der Waals surface area contributed by atoms with Crippen LogP contribution in [0.5, 0.6) is 0 Å². The first kappa shape index (κ1) is 29.3. The Balaban J connectivity index is 2.97. The van der Waals surface area contributed by atoms with Crippen LogP contribution in [0.1, 0.15) is 149 Å². The lowest BCUT2D eigenvalue weighted by Crippen LogP contribution is -1.98. The summed E-state index contributed by atoms with van der Waals surface area (Å²) in [7, 11) is 0. The zero-order chi connectivity index (χ0) is 21.1. The zero-order valence-electron chi connectivity index (χ0n) is 20.5. The Morgan fingerprint density at radius 1 is 0.379 bits per heavy atom. The van der Waals surface area contributed by atoms with Gasteiger partial charge in [-0.2, -0.15) is 11.8 Å². The molecule has 0 aromatic rings. The van der Waals surface area contributed by atoms with Crippen LogP contribution in [0.15, 0.2) is 0 Å². The molecule has 0 saturated heterocycles. The lowest BCUT2D eigenvalue weighted by Gasteiger charge is -2.05. The van der Waals surface area contributed by atoms with E-state index in [1.165, 1.54) is 146 Å². The second-order valence-corrected chi connectivity index (χ2v) is 10.2. The molecule has 29 heavy (non-hydrogen) atoms. The molecule has 0 atom stereocenters. The normalized spacial score (nSPS) is 11.4. The van der Waals surface area contributed by atoms with Crippen LogP contribution in [0.2, 0.25) is 0 Å². The molecule has 0 saturated carbocycles. The van der Waals surface area contributed by atoms with Gasteiger partial charge in [-0.3, -0.25) is 0 Å². The van der Waals surface area contributed by atoms with Crippen LogP contribution in [0.25, 0.3) is 0 Å². The third-order valence-electron chi connectivity index (χ3n) is 5.86. The minimum absolute atomic E-state index is 0.975. The van der Waals surface area contributed by atoms with E-state index < -0.39 is 0 Å². The van der Waals surface area contributed by atoms with Gasteiger partial charge < -0.3 is 4.74 Å². The number of rotatable bonds is 26. The molecule has 0 aromatic carbocycles. The van der Waals surface area contributed by atoms with Crippen LogP contribution < -0.4 is 0 Å². The van der Waals surface area contributed by atoms with Crippen molar-refractivity contribution in [2.75, 3.05) is 24.7 Å². The van der Waals surface area contributed by atoms with Crippen molar-refractivity contribution in [3.05, 3.63) is 0 Å². The number of ether oxygens (including phenoxy) is 1. The Kier molecular flexibility index (Phi) is 28.6. The Bertz CT molecular complexity index is 243. The van der Waals surface area contributed by atoms with Crippen molar-refractivity contribution in [1.82, 2.24) is 0 Å². The number of thioether (sulfide) groups is 1. The smallest absolute Gasteiger partial charge is 0.0473 e. The summed E-state index contributed by atoms with van der Waals surface area (Å²) < 4.78 is 5.80. The zero-order valence-corrected chi connectivity index (χ0v) is 21.3. The van der Waals surface area contributed by atoms with Gasteiger partial charge in [0.2, 0.25) is 0 Å². The maximum atomic E-state index is 5.80. The fourth-order valence-electron chi connectivity index (χ4n) is 3.85. The van der Waals surface area contributed by atoms with Crippen LogP contribution in [-0.2, 0) is 4.74 Å².